The summed E-state index contributed by atoms with van der Waals surface area (Å²) < 4.78 is 5.55. The lowest BCUT2D eigenvalue weighted by Crippen LogP contribution is -2.30. The average Bonchev–Trinajstić information content (AvgIpc) is 2.35. The van der Waals surface area contributed by atoms with E-state index in [1.165, 1.54) is 25.7 Å². The molecule has 1 aromatic heterocycles. The Balaban J connectivity index is 1.97. The Morgan fingerprint density at radius 1 is 1.39 bits per heavy atom. The van der Waals surface area contributed by atoms with Crippen molar-refractivity contribution in [1.29, 1.82) is 0 Å². The largest absolute Gasteiger partial charge is 0.476 e. The van der Waals surface area contributed by atoms with E-state index in [2.05, 4.69) is 30.2 Å². The van der Waals surface area contributed by atoms with Crippen LogP contribution in [0.5, 0.6) is 5.88 Å². The Kier molecular flexibility index (Phi) is 4.10. The fourth-order valence-electron chi connectivity index (χ4n) is 2.52. The highest BCUT2D eigenvalue weighted by Crippen LogP contribution is 2.36. The Hall–Kier alpha value is -1.25. The lowest BCUT2D eigenvalue weighted by molar-refractivity contribution is 0.232. The van der Waals surface area contributed by atoms with Gasteiger partial charge in [-0.2, -0.15) is 0 Å². The first kappa shape index (κ1) is 13.2. The van der Waals surface area contributed by atoms with Gasteiger partial charge < -0.3 is 10.1 Å². The van der Waals surface area contributed by atoms with Gasteiger partial charge in [0.25, 0.3) is 0 Å². The highest BCUT2D eigenvalue weighted by molar-refractivity contribution is 5.52. The molecule has 0 spiro atoms. The van der Waals surface area contributed by atoms with Gasteiger partial charge in [0.05, 0.1) is 12.3 Å². The maximum atomic E-state index is 5.55. The summed E-state index contributed by atoms with van der Waals surface area (Å²) in [5, 5.41) is 3.58. The maximum Gasteiger partial charge on any atom is 0.237 e. The minimum Gasteiger partial charge on any atom is -0.476 e. The molecule has 1 heterocycles. The fraction of sp³-hybridized carbons (Fsp3) is 0.667. The lowest BCUT2D eigenvalue weighted by Gasteiger charge is -2.35. The minimum atomic E-state index is 0.510. The second-order valence-corrected chi connectivity index (χ2v) is 5.87. The maximum absolute atomic E-state index is 5.55. The molecule has 0 unspecified atom stereocenters. The zero-order valence-electron chi connectivity index (χ0n) is 11.7. The number of aromatic nitrogens is 1. The third-order valence-corrected chi connectivity index (χ3v) is 3.75. The first-order chi connectivity index (χ1) is 8.61. The molecule has 1 fully saturated rings. The van der Waals surface area contributed by atoms with E-state index < -0.39 is 0 Å². The van der Waals surface area contributed by atoms with E-state index in [9.17, 15) is 0 Å². The van der Waals surface area contributed by atoms with Gasteiger partial charge in [0.15, 0.2) is 0 Å². The number of ether oxygens (including phenoxy) is 1. The summed E-state index contributed by atoms with van der Waals surface area (Å²) in [5.74, 6) is 0.727. The normalized spacial score (nSPS) is 19.5. The second kappa shape index (κ2) is 5.59. The van der Waals surface area contributed by atoms with Gasteiger partial charge in [-0.25, -0.2) is 4.98 Å². The van der Waals surface area contributed by atoms with Crippen LogP contribution in [-0.4, -0.2) is 17.6 Å². The zero-order valence-corrected chi connectivity index (χ0v) is 11.7. The standard InChI is InChI=1S/C15H24N2O/c1-4-18-14-13(6-5-11-16-14)17-12-7-9-15(2,3)10-8-12/h5-6,11-12,17H,4,7-10H2,1-3H3. The molecular weight excluding hydrogens is 224 g/mol. The summed E-state index contributed by atoms with van der Waals surface area (Å²) in [5.41, 5.74) is 1.54. The van der Waals surface area contributed by atoms with Gasteiger partial charge in [-0.3, -0.25) is 0 Å². The Morgan fingerprint density at radius 2 is 2.11 bits per heavy atom. The van der Waals surface area contributed by atoms with Crippen LogP contribution < -0.4 is 10.1 Å². The number of nitrogens with one attached hydrogen (secondary N) is 1. The van der Waals surface area contributed by atoms with Crippen LogP contribution in [0.1, 0.15) is 46.5 Å². The Labute approximate surface area is 110 Å². The number of pyridine rings is 1. The molecule has 3 heteroatoms. The lowest BCUT2D eigenvalue weighted by atomic mass is 9.75. The van der Waals surface area contributed by atoms with E-state index in [1.54, 1.807) is 6.20 Å². The summed E-state index contributed by atoms with van der Waals surface area (Å²) in [6.45, 7) is 7.36. The van der Waals surface area contributed by atoms with Crippen LogP contribution in [0.25, 0.3) is 0 Å². The van der Waals surface area contributed by atoms with Crippen molar-refractivity contribution >= 4 is 5.69 Å². The molecule has 1 aromatic rings. The van der Waals surface area contributed by atoms with Crippen molar-refractivity contribution in [3.8, 4) is 5.88 Å². The topological polar surface area (TPSA) is 34.1 Å². The minimum absolute atomic E-state index is 0.510. The average molecular weight is 248 g/mol. The van der Waals surface area contributed by atoms with Crippen molar-refractivity contribution in [1.82, 2.24) is 4.98 Å². The van der Waals surface area contributed by atoms with Crippen LogP contribution in [-0.2, 0) is 0 Å². The SMILES string of the molecule is CCOc1ncccc1NC1CCC(C)(C)CC1. The molecule has 3 nitrogen and oxygen atoms in total. The van der Waals surface area contributed by atoms with Crippen LogP contribution in [0.15, 0.2) is 18.3 Å². The number of hydrogen-bond acceptors (Lipinski definition) is 3. The van der Waals surface area contributed by atoms with Crippen LogP contribution in [0.4, 0.5) is 5.69 Å². The van der Waals surface area contributed by atoms with Gasteiger partial charge in [-0.15, -0.1) is 0 Å². The second-order valence-electron chi connectivity index (χ2n) is 5.87. The van der Waals surface area contributed by atoms with Gasteiger partial charge in [0.2, 0.25) is 5.88 Å². The molecule has 0 atom stereocenters. The highest BCUT2D eigenvalue weighted by Gasteiger charge is 2.27. The molecule has 18 heavy (non-hydrogen) atoms. The predicted molar refractivity (Wildman–Crippen MR) is 75.1 cm³/mol. The summed E-state index contributed by atoms with van der Waals surface area (Å²) in [7, 11) is 0. The number of nitrogens with zero attached hydrogens (tertiary/aromatic N) is 1. The number of rotatable bonds is 4. The summed E-state index contributed by atoms with van der Waals surface area (Å²) in [6, 6.07) is 4.57. The molecule has 0 radical (unpaired) electrons. The molecular formula is C15H24N2O. The van der Waals surface area contributed by atoms with E-state index in [0.29, 0.717) is 18.1 Å². The third kappa shape index (κ3) is 3.37. The molecule has 0 saturated heterocycles. The highest BCUT2D eigenvalue weighted by atomic mass is 16.5. The molecule has 100 valence electrons. The zero-order chi connectivity index (χ0) is 13.0. The first-order valence-electron chi connectivity index (χ1n) is 6.95. The van der Waals surface area contributed by atoms with Crippen LogP contribution in [0, 0.1) is 5.41 Å². The molecule has 0 aliphatic heterocycles. The molecule has 1 aliphatic carbocycles. The van der Waals surface area contributed by atoms with Crippen molar-refractivity contribution in [2.24, 2.45) is 5.41 Å². The van der Waals surface area contributed by atoms with E-state index in [1.807, 2.05) is 13.0 Å². The van der Waals surface area contributed by atoms with Crippen molar-refractivity contribution in [2.45, 2.75) is 52.5 Å². The monoisotopic (exact) mass is 248 g/mol. The van der Waals surface area contributed by atoms with Gasteiger partial charge in [-0.05, 0) is 50.2 Å². The van der Waals surface area contributed by atoms with Gasteiger partial charge in [0, 0.05) is 12.2 Å². The predicted octanol–water partition coefficient (Wildman–Crippen LogP) is 3.86. The van der Waals surface area contributed by atoms with Gasteiger partial charge >= 0.3 is 0 Å². The van der Waals surface area contributed by atoms with Crippen LogP contribution in [0.2, 0.25) is 0 Å². The smallest absolute Gasteiger partial charge is 0.237 e. The van der Waals surface area contributed by atoms with Gasteiger partial charge in [-0.1, -0.05) is 13.8 Å². The Bertz CT molecular complexity index is 380. The molecule has 1 N–H and O–H groups in total. The van der Waals surface area contributed by atoms with E-state index in [0.717, 1.165) is 11.6 Å². The van der Waals surface area contributed by atoms with E-state index in [4.69, 9.17) is 4.74 Å². The van der Waals surface area contributed by atoms with E-state index in [-0.39, 0.29) is 0 Å². The Morgan fingerprint density at radius 3 is 2.78 bits per heavy atom. The molecule has 1 saturated carbocycles. The van der Waals surface area contributed by atoms with E-state index >= 15 is 0 Å². The molecule has 2 rings (SSSR count). The summed E-state index contributed by atoms with van der Waals surface area (Å²) in [4.78, 5) is 4.28. The summed E-state index contributed by atoms with van der Waals surface area (Å²) in [6.07, 6.45) is 6.81. The molecule has 1 aliphatic rings. The van der Waals surface area contributed by atoms with Crippen LogP contribution >= 0.6 is 0 Å². The van der Waals surface area contributed by atoms with Crippen molar-refractivity contribution in [3.63, 3.8) is 0 Å². The summed E-state index contributed by atoms with van der Waals surface area (Å²) >= 11 is 0. The van der Waals surface area contributed by atoms with Crippen LogP contribution in [0.3, 0.4) is 0 Å². The third-order valence-electron chi connectivity index (χ3n) is 3.75. The number of anilines is 1. The molecule has 0 amide bonds. The van der Waals surface area contributed by atoms with Crippen molar-refractivity contribution in [2.75, 3.05) is 11.9 Å². The number of hydrogen-bond donors (Lipinski definition) is 1. The van der Waals surface area contributed by atoms with Crippen molar-refractivity contribution < 1.29 is 4.74 Å². The van der Waals surface area contributed by atoms with Crippen molar-refractivity contribution in [3.05, 3.63) is 18.3 Å². The first-order valence-corrected chi connectivity index (χ1v) is 6.95. The van der Waals surface area contributed by atoms with Gasteiger partial charge in [0.1, 0.15) is 0 Å². The quantitative estimate of drug-likeness (QED) is 0.878. The molecule has 0 bridgehead atoms. The fourth-order valence-corrected chi connectivity index (χ4v) is 2.52. The molecule has 0 aromatic carbocycles.